The Balaban J connectivity index is 0.793. The van der Waals surface area contributed by atoms with Crippen molar-refractivity contribution in [2.45, 2.75) is 0 Å². The van der Waals surface area contributed by atoms with E-state index in [-0.39, 0.29) is 0 Å². The number of hydrogen-bond donors (Lipinski definition) is 0. The topological polar surface area (TPSA) is 77.6 Å². The van der Waals surface area contributed by atoms with Crippen molar-refractivity contribution in [3.63, 3.8) is 0 Å². The van der Waals surface area contributed by atoms with Gasteiger partial charge in [0.2, 0.25) is 0 Å². The molecular weight excluding hydrogens is 771 g/mol. The Morgan fingerprint density at radius 3 is 1.19 bits per heavy atom. The number of nitrogens with zero attached hydrogens (tertiary/aromatic N) is 5. The fraction of sp³-hybridized carbons (Fsp3) is 0. The van der Waals surface area contributed by atoms with E-state index in [0.29, 0.717) is 17.5 Å². The van der Waals surface area contributed by atoms with Crippen molar-refractivity contribution in [1.82, 2.24) is 24.9 Å². The van der Waals surface area contributed by atoms with E-state index in [1.54, 1.807) is 0 Å². The van der Waals surface area contributed by atoms with Crippen molar-refractivity contribution in [2.75, 3.05) is 0 Å². The maximum atomic E-state index is 6.27. The van der Waals surface area contributed by atoms with Gasteiger partial charge < -0.3 is 4.42 Å². The van der Waals surface area contributed by atoms with E-state index >= 15 is 0 Å². The first kappa shape index (κ1) is 36.3. The summed E-state index contributed by atoms with van der Waals surface area (Å²) in [6.45, 7) is 0. The van der Waals surface area contributed by atoms with E-state index in [9.17, 15) is 0 Å². The lowest BCUT2D eigenvalue weighted by atomic mass is 9.97. The molecule has 9 aromatic carbocycles. The first-order valence-corrected chi connectivity index (χ1v) is 21.0. The molecule has 0 amide bonds. The number of furan rings is 1. The standard InChI is InChI=1S/C57H35N5O/c1-3-9-36(10-4-1)37-23-27-44(28-24-37)56-60-55(43-11-5-2-6-12-43)61-57(62-56)45-29-25-41(26-30-45)39-17-15-38(16-18-39)40-19-21-42(22-20-40)46-31-33-49-51(35-46)59-53-50(58-49)34-32-48-47-13-7-8-14-52(47)63-54(48)53/h1-35H. The summed E-state index contributed by atoms with van der Waals surface area (Å²) in [6.07, 6.45) is 0. The third-order valence-corrected chi connectivity index (χ3v) is 11.8. The van der Waals surface area contributed by atoms with Crippen LogP contribution in [0.5, 0.6) is 0 Å². The van der Waals surface area contributed by atoms with Crippen LogP contribution in [0.15, 0.2) is 217 Å². The van der Waals surface area contributed by atoms with Gasteiger partial charge in [0.05, 0.1) is 16.6 Å². The highest BCUT2D eigenvalue weighted by Gasteiger charge is 2.15. The zero-order valence-electron chi connectivity index (χ0n) is 33.9. The molecule has 12 rings (SSSR count). The zero-order valence-corrected chi connectivity index (χ0v) is 33.9. The molecule has 6 heteroatoms. The van der Waals surface area contributed by atoms with E-state index in [0.717, 1.165) is 99.6 Å². The molecule has 0 atom stereocenters. The molecule has 12 aromatic rings. The Kier molecular flexibility index (Phi) is 8.71. The zero-order chi connectivity index (χ0) is 41.7. The summed E-state index contributed by atoms with van der Waals surface area (Å²) >= 11 is 0. The third-order valence-electron chi connectivity index (χ3n) is 11.8. The molecule has 294 valence electrons. The second-order valence-electron chi connectivity index (χ2n) is 15.7. The molecule has 0 saturated carbocycles. The van der Waals surface area contributed by atoms with Crippen LogP contribution in [0.4, 0.5) is 0 Å². The van der Waals surface area contributed by atoms with Crippen LogP contribution in [0, 0.1) is 0 Å². The lowest BCUT2D eigenvalue weighted by molar-refractivity contribution is 0.671. The van der Waals surface area contributed by atoms with E-state index in [2.05, 4.69) is 152 Å². The summed E-state index contributed by atoms with van der Waals surface area (Å²) in [5.41, 5.74) is 16.8. The maximum absolute atomic E-state index is 6.27. The van der Waals surface area contributed by atoms with E-state index in [1.807, 2.05) is 60.7 Å². The Morgan fingerprint density at radius 2 is 0.651 bits per heavy atom. The average molecular weight is 806 g/mol. The molecule has 3 heterocycles. The van der Waals surface area contributed by atoms with Gasteiger partial charge in [0.1, 0.15) is 11.1 Å². The van der Waals surface area contributed by atoms with Gasteiger partial charge in [-0.2, -0.15) is 0 Å². The molecule has 0 aliphatic heterocycles. The van der Waals surface area contributed by atoms with Crippen molar-refractivity contribution < 1.29 is 4.42 Å². The number of rotatable bonds is 7. The molecule has 0 bridgehead atoms. The van der Waals surface area contributed by atoms with E-state index in [1.165, 1.54) is 5.56 Å². The van der Waals surface area contributed by atoms with Crippen molar-refractivity contribution in [3.05, 3.63) is 212 Å². The number of benzene rings is 9. The Morgan fingerprint density at radius 1 is 0.254 bits per heavy atom. The van der Waals surface area contributed by atoms with Gasteiger partial charge in [-0.3, -0.25) is 0 Å². The smallest absolute Gasteiger partial charge is 0.164 e. The molecule has 0 saturated heterocycles. The summed E-state index contributed by atoms with van der Waals surface area (Å²) < 4.78 is 6.27. The first-order valence-electron chi connectivity index (χ1n) is 21.0. The van der Waals surface area contributed by atoms with Crippen LogP contribution < -0.4 is 0 Å². The minimum absolute atomic E-state index is 0.630. The van der Waals surface area contributed by atoms with Gasteiger partial charge in [0, 0.05) is 27.5 Å². The van der Waals surface area contributed by atoms with Gasteiger partial charge in [-0.05, 0) is 74.8 Å². The van der Waals surface area contributed by atoms with E-state index in [4.69, 9.17) is 29.3 Å². The lowest BCUT2D eigenvalue weighted by Crippen LogP contribution is -2.00. The largest absolute Gasteiger partial charge is 0.454 e. The molecule has 3 aromatic heterocycles. The predicted molar refractivity (Wildman–Crippen MR) is 256 cm³/mol. The first-order chi connectivity index (χ1) is 31.2. The molecule has 6 nitrogen and oxygen atoms in total. The molecule has 0 spiro atoms. The van der Waals surface area contributed by atoms with Gasteiger partial charge in [0.15, 0.2) is 23.1 Å². The number of fused-ring (bicyclic) bond motifs is 6. The number of para-hydroxylation sites is 1. The minimum Gasteiger partial charge on any atom is -0.454 e. The number of aromatic nitrogens is 5. The Labute approximate surface area is 362 Å². The SMILES string of the molecule is c1ccc(-c2ccc(-c3nc(-c4ccccc4)nc(-c4ccc(-c5ccc(-c6ccc(-c7ccc8nc9ccc%10c%11ccccc%11oc%10c9nc8c7)cc6)cc5)cc4)n3)cc2)cc1. The molecule has 63 heavy (non-hydrogen) atoms. The molecule has 0 aliphatic carbocycles. The van der Waals surface area contributed by atoms with Crippen molar-refractivity contribution in [2.24, 2.45) is 0 Å². The molecule has 0 radical (unpaired) electrons. The summed E-state index contributed by atoms with van der Waals surface area (Å²) in [6, 6.07) is 73.2. The summed E-state index contributed by atoms with van der Waals surface area (Å²) in [7, 11) is 0. The summed E-state index contributed by atoms with van der Waals surface area (Å²) in [5.74, 6) is 1.91. The molecular formula is C57H35N5O. The monoisotopic (exact) mass is 805 g/mol. The Bertz CT molecular complexity index is 3620. The van der Waals surface area contributed by atoms with E-state index < -0.39 is 0 Å². The molecule has 0 unspecified atom stereocenters. The van der Waals surface area contributed by atoms with Crippen molar-refractivity contribution >= 4 is 44.0 Å². The number of hydrogen-bond acceptors (Lipinski definition) is 6. The highest BCUT2D eigenvalue weighted by molar-refractivity contribution is 6.14. The highest BCUT2D eigenvalue weighted by Crippen LogP contribution is 2.35. The van der Waals surface area contributed by atoms with Gasteiger partial charge in [-0.25, -0.2) is 24.9 Å². The van der Waals surface area contributed by atoms with Crippen LogP contribution in [0.25, 0.3) is 123 Å². The predicted octanol–water partition coefficient (Wildman–Crippen LogP) is 14.5. The van der Waals surface area contributed by atoms with Crippen LogP contribution in [0.3, 0.4) is 0 Å². The Hall–Kier alpha value is -8.61. The fourth-order valence-corrected chi connectivity index (χ4v) is 8.41. The van der Waals surface area contributed by atoms with Crippen LogP contribution in [-0.4, -0.2) is 24.9 Å². The van der Waals surface area contributed by atoms with Crippen molar-refractivity contribution in [1.29, 1.82) is 0 Å². The minimum atomic E-state index is 0.630. The lowest BCUT2D eigenvalue weighted by Gasteiger charge is -2.10. The maximum Gasteiger partial charge on any atom is 0.164 e. The molecule has 0 N–H and O–H groups in total. The second-order valence-corrected chi connectivity index (χ2v) is 15.7. The second kappa shape index (κ2) is 15.1. The molecule has 0 aliphatic rings. The van der Waals surface area contributed by atoms with Gasteiger partial charge >= 0.3 is 0 Å². The van der Waals surface area contributed by atoms with Crippen LogP contribution >= 0.6 is 0 Å². The molecule has 0 fully saturated rings. The highest BCUT2D eigenvalue weighted by atomic mass is 16.3. The third kappa shape index (κ3) is 6.76. The van der Waals surface area contributed by atoms with Crippen LogP contribution in [-0.2, 0) is 0 Å². The summed E-state index contributed by atoms with van der Waals surface area (Å²) in [5, 5.41) is 2.13. The van der Waals surface area contributed by atoms with Gasteiger partial charge in [0.25, 0.3) is 0 Å². The van der Waals surface area contributed by atoms with Crippen LogP contribution in [0.1, 0.15) is 0 Å². The average Bonchev–Trinajstić information content (AvgIpc) is 3.76. The van der Waals surface area contributed by atoms with Gasteiger partial charge in [-0.1, -0.05) is 182 Å². The fourth-order valence-electron chi connectivity index (χ4n) is 8.41. The quantitative estimate of drug-likeness (QED) is 0.149. The van der Waals surface area contributed by atoms with Crippen LogP contribution in [0.2, 0.25) is 0 Å². The summed E-state index contributed by atoms with van der Waals surface area (Å²) in [4.78, 5) is 24.9. The van der Waals surface area contributed by atoms with Gasteiger partial charge in [-0.15, -0.1) is 0 Å². The van der Waals surface area contributed by atoms with Crippen molar-refractivity contribution in [3.8, 4) is 78.7 Å². The normalized spacial score (nSPS) is 11.5.